The highest BCUT2D eigenvalue weighted by molar-refractivity contribution is 5.86. The number of anilines is 1. The SMILES string of the molecule is COc1cc(C)ccc1-c1[nH]nc(-c2ccccc2)c1N. The third-order valence-electron chi connectivity index (χ3n) is 3.48. The highest BCUT2D eigenvalue weighted by Gasteiger charge is 2.16. The van der Waals surface area contributed by atoms with Crippen molar-refractivity contribution in [2.24, 2.45) is 0 Å². The number of rotatable bonds is 3. The molecule has 0 amide bonds. The number of hydrogen-bond donors (Lipinski definition) is 2. The van der Waals surface area contributed by atoms with Gasteiger partial charge in [-0.2, -0.15) is 5.10 Å². The molecule has 1 heterocycles. The zero-order valence-corrected chi connectivity index (χ0v) is 12.1. The Morgan fingerprint density at radius 1 is 1.10 bits per heavy atom. The number of aryl methyl sites for hydroxylation is 1. The van der Waals surface area contributed by atoms with E-state index in [1.54, 1.807) is 7.11 Å². The molecule has 0 aliphatic heterocycles. The van der Waals surface area contributed by atoms with Crippen LogP contribution < -0.4 is 10.5 Å². The number of nitrogen functional groups attached to an aromatic ring is 1. The molecule has 1 aromatic heterocycles. The molecule has 3 aromatic rings. The van der Waals surface area contributed by atoms with Crippen LogP contribution >= 0.6 is 0 Å². The molecule has 4 heteroatoms. The van der Waals surface area contributed by atoms with Gasteiger partial charge in [-0.3, -0.25) is 5.10 Å². The Hall–Kier alpha value is -2.75. The number of benzene rings is 2. The summed E-state index contributed by atoms with van der Waals surface area (Å²) >= 11 is 0. The van der Waals surface area contributed by atoms with Gasteiger partial charge < -0.3 is 10.5 Å². The minimum absolute atomic E-state index is 0.628. The first-order chi connectivity index (χ1) is 10.2. The van der Waals surface area contributed by atoms with Gasteiger partial charge in [0.05, 0.1) is 18.5 Å². The second-order valence-corrected chi connectivity index (χ2v) is 4.93. The summed E-state index contributed by atoms with van der Waals surface area (Å²) in [7, 11) is 1.66. The standard InChI is InChI=1S/C17H17N3O/c1-11-8-9-13(14(10-11)21-2)17-15(18)16(19-20-17)12-6-4-3-5-7-12/h3-10H,18H2,1-2H3,(H,19,20). The van der Waals surface area contributed by atoms with Gasteiger partial charge in [0, 0.05) is 11.1 Å². The fourth-order valence-electron chi connectivity index (χ4n) is 2.38. The maximum Gasteiger partial charge on any atom is 0.128 e. The highest BCUT2D eigenvalue weighted by atomic mass is 16.5. The first-order valence-electron chi connectivity index (χ1n) is 6.75. The van der Waals surface area contributed by atoms with Crippen molar-refractivity contribution < 1.29 is 4.74 Å². The molecule has 3 rings (SSSR count). The minimum Gasteiger partial charge on any atom is -0.496 e. The van der Waals surface area contributed by atoms with Crippen LogP contribution in [0.25, 0.3) is 22.5 Å². The van der Waals surface area contributed by atoms with Crippen LogP contribution in [0.5, 0.6) is 5.75 Å². The van der Waals surface area contributed by atoms with Crippen LogP contribution in [0.2, 0.25) is 0 Å². The average molecular weight is 279 g/mol. The molecule has 0 bridgehead atoms. The van der Waals surface area contributed by atoms with Crippen molar-refractivity contribution in [3.8, 4) is 28.3 Å². The van der Waals surface area contributed by atoms with E-state index in [4.69, 9.17) is 10.5 Å². The number of methoxy groups -OCH3 is 1. The molecule has 0 unspecified atom stereocenters. The van der Waals surface area contributed by atoms with Crippen LogP contribution in [0, 0.1) is 6.92 Å². The van der Waals surface area contributed by atoms with Crippen LogP contribution in [0.15, 0.2) is 48.5 Å². The first-order valence-corrected chi connectivity index (χ1v) is 6.75. The van der Waals surface area contributed by atoms with Crippen molar-refractivity contribution in [1.29, 1.82) is 0 Å². The second-order valence-electron chi connectivity index (χ2n) is 4.93. The number of hydrogen-bond acceptors (Lipinski definition) is 3. The molecule has 0 saturated heterocycles. The predicted molar refractivity (Wildman–Crippen MR) is 85.2 cm³/mol. The summed E-state index contributed by atoms with van der Waals surface area (Å²) in [4.78, 5) is 0. The highest BCUT2D eigenvalue weighted by Crippen LogP contribution is 2.37. The minimum atomic E-state index is 0.628. The molecular formula is C17H17N3O. The Kier molecular flexibility index (Phi) is 3.36. The van der Waals surface area contributed by atoms with Crippen LogP contribution in [0.3, 0.4) is 0 Å². The number of ether oxygens (including phenoxy) is 1. The molecule has 0 aliphatic rings. The number of nitrogens with zero attached hydrogens (tertiary/aromatic N) is 1. The molecule has 2 aromatic carbocycles. The van der Waals surface area contributed by atoms with Crippen LogP contribution in [0.4, 0.5) is 5.69 Å². The Morgan fingerprint density at radius 2 is 1.86 bits per heavy atom. The molecule has 0 fully saturated rings. The van der Waals surface area contributed by atoms with Crippen molar-refractivity contribution in [3.05, 3.63) is 54.1 Å². The lowest BCUT2D eigenvalue weighted by molar-refractivity contribution is 0.416. The first kappa shape index (κ1) is 13.2. The van der Waals surface area contributed by atoms with Gasteiger partial charge in [0.2, 0.25) is 0 Å². The Bertz CT molecular complexity index is 763. The fraction of sp³-hybridized carbons (Fsp3) is 0.118. The van der Waals surface area contributed by atoms with Gasteiger partial charge in [-0.1, -0.05) is 36.4 Å². The van der Waals surface area contributed by atoms with E-state index in [1.807, 2.05) is 55.5 Å². The smallest absolute Gasteiger partial charge is 0.128 e. The average Bonchev–Trinajstić information content (AvgIpc) is 2.89. The van der Waals surface area contributed by atoms with Gasteiger partial charge in [-0.05, 0) is 24.6 Å². The molecule has 0 aliphatic carbocycles. The Morgan fingerprint density at radius 3 is 2.57 bits per heavy atom. The van der Waals surface area contributed by atoms with E-state index in [2.05, 4.69) is 10.2 Å². The van der Waals surface area contributed by atoms with Crippen LogP contribution in [-0.2, 0) is 0 Å². The third-order valence-corrected chi connectivity index (χ3v) is 3.48. The summed E-state index contributed by atoms with van der Waals surface area (Å²) in [5.41, 5.74) is 11.5. The Labute approximate surface area is 123 Å². The summed E-state index contributed by atoms with van der Waals surface area (Å²) < 4.78 is 5.45. The number of nitrogens with two attached hydrogens (primary N) is 1. The number of H-pyrrole nitrogens is 1. The monoisotopic (exact) mass is 279 g/mol. The molecule has 21 heavy (non-hydrogen) atoms. The molecule has 4 nitrogen and oxygen atoms in total. The van der Waals surface area contributed by atoms with Crippen molar-refractivity contribution in [2.75, 3.05) is 12.8 Å². The fourth-order valence-corrected chi connectivity index (χ4v) is 2.38. The topological polar surface area (TPSA) is 63.9 Å². The van der Waals surface area contributed by atoms with E-state index in [1.165, 1.54) is 0 Å². The van der Waals surface area contributed by atoms with Crippen LogP contribution in [0.1, 0.15) is 5.56 Å². The van der Waals surface area contributed by atoms with Gasteiger partial charge in [0.15, 0.2) is 0 Å². The molecule has 106 valence electrons. The molecule has 0 radical (unpaired) electrons. The quantitative estimate of drug-likeness (QED) is 0.769. The Balaban J connectivity index is 2.12. The van der Waals surface area contributed by atoms with Gasteiger partial charge >= 0.3 is 0 Å². The van der Waals surface area contributed by atoms with Crippen molar-refractivity contribution in [1.82, 2.24) is 10.2 Å². The van der Waals surface area contributed by atoms with E-state index < -0.39 is 0 Å². The molecular weight excluding hydrogens is 262 g/mol. The van der Waals surface area contributed by atoms with Gasteiger partial charge in [-0.25, -0.2) is 0 Å². The number of aromatic amines is 1. The van der Waals surface area contributed by atoms with Gasteiger partial charge in [-0.15, -0.1) is 0 Å². The third kappa shape index (κ3) is 2.36. The van der Waals surface area contributed by atoms with E-state index >= 15 is 0 Å². The maximum atomic E-state index is 6.28. The lowest BCUT2D eigenvalue weighted by Crippen LogP contribution is -1.93. The zero-order chi connectivity index (χ0) is 14.8. The van der Waals surface area contributed by atoms with Crippen molar-refractivity contribution in [2.45, 2.75) is 6.92 Å². The van der Waals surface area contributed by atoms with Crippen LogP contribution in [-0.4, -0.2) is 17.3 Å². The molecule has 0 spiro atoms. The molecule has 0 saturated carbocycles. The molecule has 0 atom stereocenters. The molecule has 3 N–H and O–H groups in total. The summed E-state index contributed by atoms with van der Waals surface area (Å²) in [6.45, 7) is 2.03. The summed E-state index contributed by atoms with van der Waals surface area (Å²) in [5, 5.41) is 7.38. The van der Waals surface area contributed by atoms with Gasteiger partial charge in [0.1, 0.15) is 11.4 Å². The van der Waals surface area contributed by atoms with E-state index in [0.29, 0.717) is 5.69 Å². The van der Waals surface area contributed by atoms with Crippen molar-refractivity contribution in [3.63, 3.8) is 0 Å². The zero-order valence-electron chi connectivity index (χ0n) is 12.1. The van der Waals surface area contributed by atoms with Crippen molar-refractivity contribution >= 4 is 5.69 Å². The van der Waals surface area contributed by atoms with E-state index in [-0.39, 0.29) is 0 Å². The second kappa shape index (κ2) is 5.32. The summed E-state index contributed by atoms with van der Waals surface area (Å²) in [6, 6.07) is 15.9. The number of aromatic nitrogens is 2. The predicted octanol–water partition coefficient (Wildman–Crippen LogP) is 3.64. The van der Waals surface area contributed by atoms with E-state index in [0.717, 1.165) is 33.8 Å². The largest absolute Gasteiger partial charge is 0.496 e. The summed E-state index contributed by atoms with van der Waals surface area (Å²) in [5.74, 6) is 0.782. The maximum absolute atomic E-state index is 6.28. The normalized spacial score (nSPS) is 10.6. The number of nitrogens with one attached hydrogen (secondary N) is 1. The summed E-state index contributed by atoms with van der Waals surface area (Å²) in [6.07, 6.45) is 0. The lowest BCUT2D eigenvalue weighted by atomic mass is 10.0. The lowest BCUT2D eigenvalue weighted by Gasteiger charge is -2.08. The van der Waals surface area contributed by atoms with Gasteiger partial charge in [0.25, 0.3) is 0 Å². The van der Waals surface area contributed by atoms with E-state index in [9.17, 15) is 0 Å².